The van der Waals surface area contributed by atoms with Crippen LogP contribution in [0.4, 0.5) is 5.69 Å². The largest absolute Gasteiger partial charge is 0.457 e. The van der Waals surface area contributed by atoms with Crippen LogP contribution < -0.4 is 24.7 Å². The van der Waals surface area contributed by atoms with Crippen LogP contribution in [0.1, 0.15) is 5.56 Å². The van der Waals surface area contributed by atoms with Crippen LogP contribution in [0.3, 0.4) is 0 Å². The van der Waals surface area contributed by atoms with Crippen LogP contribution in [0.2, 0.25) is 0 Å². The first-order valence-electron chi connectivity index (χ1n) is 11.5. The number of rotatable bonds is 8. The molecule has 0 aliphatic rings. The molecule has 0 saturated heterocycles. The first-order valence-corrected chi connectivity index (χ1v) is 11.5. The van der Waals surface area contributed by atoms with Crippen LogP contribution in [-0.2, 0) is 0 Å². The van der Waals surface area contributed by atoms with Gasteiger partial charge in [-0.2, -0.15) is 0 Å². The van der Waals surface area contributed by atoms with Gasteiger partial charge in [-0.3, -0.25) is 0 Å². The summed E-state index contributed by atoms with van der Waals surface area (Å²) in [6.45, 7) is 2.04. The molecule has 5 rings (SSSR count). The van der Waals surface area contributed by atoms with E-state index in [4.69, 9.17) is 24.7 Å². The van der Waals surface area contributed by atoms with Gasteiger partial charge in [0.25, 0.3) is 0 Å². The van der Waals surface area contributed by atoms with Gasteiger partial charge in [0.15, 0.2) is 0 Å². The van der Waals surface area contributed by atoms with E-state index < -0.39 is 0 Å². The number of anilines is 1. The highest BCUT2D eigenvalue weighted by molar-refractivity contribution is 5.45. The molecule has 0 aromatic heterocycles. The van der Waals surface area contributed by atoms with Crippen molar-refractivity contribution in [1.29, 1.82) is 0 Å². The van der Waals surface area contributed by atoms with Crippen molar-refractivity contribution in [3.05, 3.63) is 127 Å². The molecular formula is C31H25NO4. The zero-order valence-electron chi connectivity index (χ0n) is 19.8. The standard InChI is InChI=1S/C31H25NO4/c1-22-11-15-24(16-12-22)33-26-5-2-7-28(19-26)35-30-9-4-10-31(21-30)36-29-8-3-6-27(20-29)34-25-17-13-23(32)14-18-25/h2-21H,32H2,1H3. The van der Waals surface area contributed by atoms with Gasteiger partial charge < -0.3 is 24.7 Å². The monoisotopic (exact) mass is 475 g/mol. The van der Waals surface area contributed by atoms with E-state index >= 15 is 0 Å². The average Bonchev–Trinajstić information content (AvgIpc) is 2.88. The maximum Gasteiger partial charge on any atom is 0.131 e. The summed E-state index contributed by atoms with van der Waals surface area (Å²) in [6.07, 6.45) is 0. The fraction of sp³-hybridized carbons (Fsp3) is 0.0323. The number of hydrogen-bond acceptors (Lipinski definition) is 5. The van der Waals surface area contributed by atoms with Gasteiger partial charge in [0.2, 0.25) is 0 Å². The summed E-state index contributed by atoms with van der Waals surface area (Å²) in [7, 11) is 0. The molecule has 0 aliphatic carbocycles. The Morgan fingerprint density at radius 1 is 0.389 bits per heavy atom. The first kappa shape index (κ1) is 22.9. The molecule has 0 amide bonds. The minimum absolute atomic E-state index is 0.643. The van der Waals surface area contributed by atoms with Crippen LogP contribution in [0, 0.1) is 6.92 Å². The second-order valence-corrected chi connectivity index (χ2v) is 8.21. The van der Waals surface area contributed by atoms with E-state index in [1.165, 1.54) is 5.56 Å². The minimum atomic E-state index is 0.643. The number of hydrogen-bond donors (Lipinski definition) is 1. The van der Waals surface area contributed by atoms with Crippen molar-refractivity contribution < 1.29 is 18.9 Å². The van der Waals surface area contributed by atoms with Crippen LogP contribution in [0.5, 0.6) is 46.0 Å². The van der Waals surface area contributed by atoms with Crippen molar-refractivity contribution in [2.45, 2.75) is 6.92 Å². The molecule has 5 aromatic rings. The Kier molecular flexibility index (Phi) is 6.72. The normalized spacial score (nSPS) is 10.5. The molecule has 2 N–H and O–H groups in total. The lowest BCUT2D eigenvalue weighted by atomic mass is 10.2. The lowest BCUT2D eigenvalue weighted by Crippen LogP contribution is -1.90. The molecular weight excluding hydrogens is 450 g/mol. The molecule has 0 spiro atoms. The fourth-order valence-corrected chi connectivity index (χ4v) is 3.49. The zero-order chi connectivity index (χ0) is 24.7. The van der Waals surface area contributed by atoms with E-state index in [9.17, 15) is 0 Å². The number of nitrogen functional groups attached to an aromatic ring is 1. The van der Waals surface area contributed by atoms with Gasteiger partial charge in [-0.15, -0.1) is 0 Å². The van der Waals surface area contributed by atoms with Crippen molar-refractivity contribution in [3.8, 4) is 46.0 Å². The van der Waals surface area contributed by atoms with Gasteiger partial charge in [-0.1, -0.05) is 35.9 Å². The molecule has 0 radical (unpaired) electrons. The third-order valence-corrected chi connectivity index (χ3v) is 5.26. The van der Waals surface area contributed by atoms with Crippen LogP contribution in [0.15, 0.2) is 121 Å². The Morgan fingerprint density at radius 2 is 0.694 bits per heavy atom. The summed E-state index contributed by atoms with van der Waals surface area (Å²) in [5, 5.41) is 0. The molecule has 0 heterocycles. The van der Waals surface area contributed by atoms with E-state index in [1.807, 2.05) is 116 Å². The first-order chi connectivity index (χ1) is 17.6. The predicted octanol–water partition coefficient (Wildman–Crippen LogP) is 8.75. The minimum Gasteiger partial charge on any atom is -0.457 e. The van der Waals surface area contributed by atoms with E-state index in [1.54, 1.807) is 12.1 Å². The predicted molar refractivity (Wildman–Crippen MR) is 142 cm³/mol. The molecule has 0 unspecified atom stereocenters. The lowest BCUT2D eigenvalue weighted by molar-refractivity contribution is 0.447. The summed E-state index contributed by atoms with van der Waals surface area (Å²) in [5.74, 6) is 5.43. The molecule has 5 heteroatoms. The Morgan fingerprint density at radius 3 is 1.06 bits per heavy atom. The molecule has 5 aromatic carbocycles. The van der Waals surface area contributed by atoms with Gasteiger partial charge in [-0.05, 0) is 79.7 Å². The van der Waals surface area contributed by atoms with Gasteiger partial charge in [0.05, 0.1) is 0 Å². The second kappa shape index (κ2) is 10.6. The average molecular weight is 476 g/mol. The van der Waals surface area contributed by atoms with E-state index in [0.717, 1.165) is 5.75 Å². The molecule has 0 bridgehead atoms. The van der Waals surface area contributed by atoms with Crippen LogP contribution in [-0.4, -0.2) is 0 Å². The topological polar surface area (TPSA) is 62.9 Å². The van der Waals surface area contributed by atoms with Crippen molar-refractivity contribution in [3.63, 3.8) is 0 Å². The third-order valence-electron chi connectivity index (χ3n) is 5.26. The highest BCUT2D eigenvalue weighted by atomic mass is 16.5. The van der Waals surface area contributed by atoms with Crippen molar-refractivity contribution in [2.75, 3.05) is 5.73 Å². The van der Waals surface area contributed by atoms with Gasteiger partial charge >= 0.3 is 0 Å². The molecule has 0 aliphatic heterocycles. The molecule has 0 saturated carbocycles. The number of benzene rings is 5. The maximum absolute atomic E-state index is 6.07. The summed E-state index contributed by atoms with van der Waals surface area (Å²) in [5.41, 5.74) is 7.61. The van der Waals surface area contributed by atoms with Gasteiger partial charge in [-0.25, -0.2) is 0 Å². The number of nitrogens with two attached hydrogens (primary N) is 1. The van der Waals surface area contributed by atoms with Crippen LogP contribution in [0.25, 0.3) is 0 Å². The molecule has 5 nitrogen and oxygen atoms in total. The number of aryl methyl sites for hydroxylation is 1. The Hall–Kier alpha value is -4.90. The molecule has 178 valence electrons. The Bertz CT molecular complexity index is 1340. The summed E-state index contributed by atoms with van der Waals surface area (Å²) in [6, 6.07) is 37.6. The SMILES string of the molecule is Cc1ccc(Oc2cccc(Oc3cccc(Oc4cccc(Oc5ccc(N)cc5)c4)c3)c2)cc1. The third kappa shape index (κ3) is 6.15. The van der Waals surface area contributed by atoms with Crippen molar-refractivity contribution in [1.82, 2.24) is 0 Å². The van der Waals surface area contributed by atoms with E-state index in [-0.39, 0.29) is 0 Å². The lowest BCUT2D eigenvalue weighted by Gasteiger charge is -2.12. The van der Waals surface area contributed by atoms with Crippen molar-refractivity contribution in [2.24, 2.45) is 0 Å². The number of ether oxygens (including phenoxy) is 4. The zero-order valence-corrected chi connectivity index (χ0v) is 19.8. The van der Waals surface area contributed by atoms with Crippen molar-refractivity contribution >= 4 is 5.69 Å². The quantitative estimate of drug-likeness (QED) is 0.227. The van der Waals surface area contributed by atoms with Gasteiger partial charge in [0, 0.05) is 23.9 Å². The Balaban J connectivity index is 1.25. The summed E-state index contributed by atoms with van der Waals surface area (Å²) in [4.78, 5) is 0. The molecule has 0 atom stereocenters. The van der Waals surface area contributed by atoms with E-state index in [0.29, 0.717) is 45.9 Å². The summed E-state index contributed by atoms with van der Waals surface area (Å²) >= 11 is 0. The molecule has 36 heavy (non-hydrogen) atoms. The Labute approximate surface area is 210 Å². The smallest absolute Gasteiger partial charge is 0.131 e. The second-order valence-electron chi connectivity index (χ2n) is 8.21. The fourth-order valence-electron chi connectivity index (χ4n) is 3.49. The highest BCUT2D eigenvalue weighted by Crippen LogP contribution is 2.33. The highest BCUT2D eigenvalue weighted by Gasteiger charge is 2.06. The molecule has 0 fully saturated rings. The van der Waals surface area contributed by atoms with E-state index in [2.05, 4.69) is 0 Å². The van der Waals surface area contributed by atoms with Gasteiger partial charge in [0.1, 0.15) is 46.0 Å². The maximum atomic E-state index is 6.07. The van der Waals surface area contributed by atoms with Crippen LogP contribution >= 0.6 is 0 Å². The summed E-state index contributed by atoms with van der Waals surface area (Å²) < 4.78 is 24.0.